The Hall–Kier alpha value is -3.13. The van der Waals surface area contributed by atoms with Crippen molar-refractivity contribution in [3.05, 3.63) is 94.6 Å². The molecule has 5 nitrogen and oxygen atoms in total. The second-order valence-corrected chi connectivity index (χ2v) is 9.27. The van der Waals surface area contributed by atoms with Crippen molar-refractivity contribution < 1.29 is 23.4 Å². The standard InChI is InChI=1S/C29H32F2N2O3/c1-3-36-16-6-15-33(2)19-20-9-10-21-13-14-29(35,25(21)17-20)32-28(34)24-12-11-22(18-27(24)31)23-7-4-5-8-26(23)30/h4-5,7-12,17-18,35H,3,6,13-16,19H2,1-2H3,(H,32,34)/t29-/m1/s1. The molecule has 0 heterocycles. The van der Waals surface area contributed by atoms with Crippen LogP contribution < -0.4 is 5.32 Å². The van der Waals surface area contributed by atoms with Crippen LogP contribution in [0.1, 0.15) is 46.8 Å². The molecule has 3 aromatic rings. The summed E-state index contributed by atoms with van der Waals surface area (Å²) in [5.41, 5.74) is 1.40. The Bertz CT molecular complexity index is 1230. The van der Waals surface area contributed by atoms with E-state index in [9.17, 15) is 18.7 Å². The van der Waals surface area contributed by atoms with E-state index < -0.39 is 23.3 Å². The van der Waals surface area contributed by atoms with Gasteiger partial charge in [-0.15, -0.1) is 0 Å². The number of hydrogen-bond donors (Lipinski definition) is 2. The first-order chi connectivity index (χ1) is 17.3. The fourth-order valence-electron chi connectivity index (χ4n) is 4.69. The first-order valence-corrected chi connectivity index (χ1v) is 12.3. The van der Waals surface area contributed by atoms with Crippen LogP contribution in [0.3, 0.4) is 0 Å². The molecule has 2 N–H and O–H groups in total. The van der Waals surface area contributed by atoms with Gasteiger partial charge in [0, 0.05) is 43.9 Å². The van der Waals surface area contributed by atoms with Crippen molar-refractivity contribution in [2.24, 2.45) is 0 Å². The molecule has 0 spiro atoms. The summed E-state index contributed by atoms with van der Waals surface area (Å²) in [5, 5.41) is 14.0. The van der Waals surface area contributed by atoms with Gasteiger partial charge >= 0.3 is 0 Å². The molecule has 1 atom stereocenters. The van der Waals surface area contributed by atoms with Crippen LogP contribution in [-0.4, -0.2) is 42.7 Å². The molecule has 0 bridgehead atoms. The Balaban J connectivity index is 1.47. The zero-order valence-electron chi connectivity index (χ0n) is 20.7. The van der Waals surface area contributed by atoms with Gasteiger partial charge in [-0.1, -0.05) is 36.4 Å². The van der Waals surface area contributed by atoms with Crippen LogP contribution in [0, 0.1) is 11.6 Å². The summed E-state index contributed by atoms with van der Waals surface area (Å²) in [7, 11) is 2.03. The molecule has 0 radical (unpaired) electrons. The lowest BCUT2D eigenvalue weighted by Crippen LogP contribution is -2.44. The topological polar surface area (TPSA) is 61.8 Å². The van der Waals surface area contributed by atoms with Crippen LogP contribution in [0.2, 0.25) is 0 Å². The lowest BCUT2D eigenvalue weighted by Gasteiger charge is -2.26. The molecule has 36 heavy (non-hydrogen) atoms. The third kappa shape index (κ3) is 5.81. The Kier molecular flexibility index (Phi) is 8.14. The molecule has 4 rings (SSSR count). The third-order valence-corrected chi connectivity index (χ3v) is 6.58. The number of ether oxygens (including phenoxy) is 1. The average molecular weight is 495 g/mol. The van der Waals surface area contributed by atoms with Gasteiger partial charge in [-0.2, -0.15) is 0 Å². The van der Waals surface area contributed by atoms with Crippen molar-refractivity contribution in [3.8, 4) is 11.1 Å². The molecule has 1 amide bonds. The highest BCUT2D eigenvalue weighted by Crippen LogP contribution is 2.36. The number of hydrogen-bond acceptors (Lipinski definition) is 4. The zero-order chi connectivity index (χ0) is 25.7. The van der Waals surface area contributed by atoms with E-state index in [1.165, 1.54) is 18.2 Å². The van der Waals surface area contributed by atoms with Gasteiger partial charge in [0.2, 0.25) is 0 Å². The summed E-state index contributed by atoms with van der Waals surface area (Å²) in [6.07, 6.45) is 1.83. The third-order valence-electron chi connectivity index (χ3n) is 6.58. The second-order valence-electron chi connectivity index (χ2n) is 9.27. The van der Waals surface area contributed by atoms with Crippen LogP contribution >= 0.6 is 0 Å². The molecule has 0 fully saturated rings. The van der Waals surface area contributed by atoms with Gasteiger partial charge in [-0.25, -0.2) is 8.78 Å². The van der Waals surface area contributed by atoms with Crippen molar-refractivity contribution in [2.75, 3.05) is 26.8 Å². The maximum atomic E-state index is 14.9. The zero-order valence-corrected chi connectivity index (χ0v) is 20.7. The highest BCUT2D eigenvalue weighted by atomic mass is 19.1. The normalized spacial score (nSPS) is 16.8. The van der Waals surface area contributed by atoms with E-state index in [0.717, 1.165) is 30.2 Å². The smallest absolute Gasteiger partial charge is 0.256 e. The molecule has 3 aromatic carbocycles. The predicted octanol–water partition coefficient (Wildman–Crippen LogP) is 5.01. The largest absolute Gasteiger partial charge is 0.382 e. The van der Waals surface area contributed by atoms with Crippen molar-refractivity contribution in [1.82, 2.24) is 10.2 Å². The fourth-order valence-corrected chi connectivity index (χ4v) is 4.69. The van der Waals surface area contributed by atoms with E-state index in [0.29, 0.717) is 43.7 Å². The number of fused-ring (bicyclic) bond motifs is 1. The SMILES string of the molecule is CCOCCCN(C)Cc1ccc2c(c1)[C@@](O)(NC(=O)c1ccc(-c3ccccc3F)cc1F)CC2. The molecule has 190 valence electrons. The number of nitrogens with zero attached hydrogens (tertiary/aromatic N) is 1. The van der Waals surface area contributed by atoms with Gasteiger partial charge < -0.3 is 20.1 Å². The molecule has 1 aliphatic rings. The number of carbonyl (C=O) groups excluding carboxylic acids is 1. The highest BCUT2D eigenvalue weighted by molar-refractivity contribution is 5.95. The van der Waals surface area contributed by atoms with Gasteiger partial charge in [0.05, 0.1) is 5.56 Å². The van der Waals surface area contributed by atoms with Gasteiger partial charge in [0.15, 0.2) is 5.72 Å². The summed E-state index contributed by atoms with van der Waals surface area (Å²) in [4.78, 5) is 15.2. The number of rotatable bonds is 10. The molecule has 0 unspecified atom stereocenters. The van der Waals surface area contributed by atoms with Crippen LogP contribution in [-0.2, 0) is 23.4 Å². The minimum atomic E-state index is -1.59. The summed E-state index contributed by atoms with van der Waals surface area (Å²) >= 11 is 0. The second kappa shape index (κ2) is 11.3. The molecular formula is C29H32F2N2O3. The lowest BCUT2D eigenvalue weighted by molar-refractivity contribution is 0.00485. The van der Waals surface area contributed by atoms with E-state index in [1.54, 1.807) is 18.2 Å². The predicted molar refractivity (Wildman–Crippen MR) is 135 cm³/mol. The number of amides is 1. The van der Waals surface area contributed by atoms with E-state index in [-0.39, 0.29) is 11.1 Å². The Labute approximate surface area is 210 Å². The number of carbonyl (C=O) groups is 1. The van der Waals surface area contributed by atoms with E-state index in [2.05, 4.69) is 10.2 Å². The molecule has 0 aliphatic heterocycles. The van der Waals surface area contributed by atoms with E-state index in [4.69, 9.17) is 4.74 Å². The van der Waals surface area contributed by atoms with Crippen molar-refractivity contribution in [1.29, 1.82) is 0 Å². The fraction of sp³-hybridized carbons (Fsp3) is 0.345. The van der Waals surface area contributed by atoms with Gasteiger partial charge in [0.1, 0.15) is 11.6 Å². The van der Waals surface area contributed by atoms with Gasteiger partial charge in [-0.3, -0.25) is 4.79 Å². The maximum absolute atomic E-state index is 14.9. The Morgan fingerprint density at radius 1 is 1.11 bits per heavy atom. The lowest BCUT2D eigenvalue weighted by atomic mass is 10.00. The summed E-state index contributed by atoms with van der Waals surface area (Å²) in [6.45, 7) is 4.96. The molecule has 1 aliphatic carbocycles. The summed E-state index contributed by atoms with van der Waals surface area (Å²) in [6, 6.07) is 16.0. The maximum Gasteiger partial charge on any atom is 0.256 e. The first-order valence-electron chi connectivity index (χ1n) is 12.3. The minimum absolute atomic E-state index is 0.206. The quantitative estimate of drug-likeness (QED) is 0.307. The molecule has 0 saturated carbocycles. The summed E-state index contributed by atoms with van der Waals surface area (Å²) in [5.74, 6) is -1.97. The minimum Gasteiger partial charge on any atom is -0.382 e. The number of aryl methyl sites for hydroxylation is 1. The molecule has 7 heteroatoms. The van der Waals surface area contributed by atoms with Gasteiger partial charge in [-0.05, 0) is 67.8 Å². The van der Waals surface area contributed by atoms with Gasteiger partial charge in [0.25, 0.3) is 5.91 Å². The van der Waals surface area contributed by atoms with Crippen molar-refractivity contribution in [2.45, 2.75) is 38.5 Å². The Morgan fingerprint density at radius 2 is 1.92 bits per heavy atom. The monoisotopic (exact) mass is 494 g/mol. The van der Waals surface area contributed by atoms with E-state index >= 15 is 0 Å². The van der Waals surface area contributed by atoms with Crippen LogP contribution in [0.4, 0.5) is 8.78 Å². The van der Waals surface area contributed by atoms with Crippen LogP contribution in [0.25, 0.3) is 11.1 Å². The highest BCUT2D eigenvalue weighted by Gasteiger charge is 2.39. The van der Waals surface area contributed by atoms with Crippen LogP contribution in [0.15, 0.2) is 60.7 Å². The Morgan fingerprint density at radius 3 is 2.67 bits per heavy atom. The van der Waals surface area contributed by atoms with Crippen molar-refractivity contribution in [3.63, 3.8) is 0 Å². The average Bonchev–Trinajstić information content (AvgIpc) is 3.17. The number of halogens is 2. The molecule has 0 saturated heterocycles. The first kappa shape index (κ1) is 25.9. The molecule has 0 aromatic heterocycles. The number of nitrogens with one attached hydrogen (secondary N) is 1. The van der Waals surface area contributed by atoms with Crippen molar-refractivity contribution >= 4 is 5.91 Å². The summed E-state index contributed by atoms with van der Waals surface area (Å²) < 4.78 is 34.4. The number of benzene rings is 3. The van der Waals surface area contributed by atoms with Crippen LogP contribution in [0.5, 0.6) is 0 Å². The van der Waals surface area contributed by atoms with E-state index in [1.807, 2.05) is 32.2 Å². The number of aliphatic hydroxyl groups is 1. The molecular weight excluding hydrogens is 462 g/mol.